The minimum Gasteiger partial charge on any atom is -0.382 e. The molecule has 0 aliphatic carbocycles. The molecule has 1 aromatic carbocycles. The molecule has 0 fully saturated rings. The summed E-state index contributed by atoms with van der Waals surface area (Å²) in [6.45, 7) is 5.46. The molecule has 0 saturated heterocycles. The monoisotopic (exact) mass is 361 g/mol. The molecule has 2 aromatic heterocycles. The van der Waals surface area contributed by atoms with Crippen molar-refractivity contribution in [2.24, 2.45) is 0 Å². The number of H-pyrrole nitrogens is 1. The maximum Gasteiger partial charge on any atom is 0.280 e. The molecule has 3 rings (SSSR count). The first kappa shape index (κ1) is 17.5. The molecule has 0 radical (unpaired) electrons. The molecular formula is C18H20ClN3O3. The second kappa shape index (κ2) is 7.29. The van der Waals surface area contributed by atoms with Crippen molar-refractivity contribution < 1.29 is 4.74 Å². The molecule has 0 amide bonds. The van der Waals surface area contributed by atoms with Crippen LogP contribution in [0.4, 0.5) is 0 Å². The van der Waals surface area contributed by atoms with E-state index in [9.17, 15) is 9.59 Å². The van der Waals surface area contributed by atoms with Crippen LogP contribution in [0.15, 0.2) is 39.9 Å². The lowest BCUT2D eigenvalue weighted by atomic mass is 10.2. The minimum atomic E-state index is -0.223. The lowest BCUT2D eigenvalue weighted by Gasteiger charge is -2.09. The number of ether oxygens (including phenoxy) is 1. The molecule has 0 aliphatic rings. The van der Waals surface area contributed by atoms with Crippen LogP contribution in [0.5, 0.6) is 0 Å². The van der Waals surface area contributed by atoms with Crippen molar-refractivity contribution in [3.05, 3.63) is 61.8 Å². The van der Waals surface area contributed by atoms with Gasteiger partial charge in [-0.1, -0.05) is 23.7 Å². The van der Waals surface area contributed by atoms with E-state index in [2.05, 4.69) is 5.10 Å². The van der Waals surface area contributed by atoms with E-state index in [-0.39, 0.29) is 11.1 Å². The smallest absolute Gasteiger partial charge is 0.280 e. The van der Waals surface area contributed by atoms with Gasteiger partial charge in [-0.3, -0.25) is 14.7 Å². The molecule has 132 valence electrons. The number of pyridine rings is 1. The quantitative estimate of drug-likeness (QED) is 0.686. The maximum absolute atomic E-state index is 12.9. The first-order valence-corrected chi connectivity index (χ1v) is 8.60. The van der Waals surface area contributed by atoms with Crippen molar-refractivity contribution in [3.63, 3.8) is 0 Å². The van der Waals surface area contributed by atoms with Crippen LogP contribution >= 0.6 is 11.6 Å². The predicted molar refractivity (Wildman–Crippen MR) is 99.0 cm³/mol. The van der Waals surface area contributed by atoms with Crippen LogP contribution in [0.25, 0.3) is 16.6 Å². The molecule has 1 N–H and O–H groups in total. The Balaban J connectivity index is 2.10. The summed E-state index contributed by atoms with van der Waals surface area (Å²) in [6.07, 6.45) is 0.712. The van der Waals surface area contributed by atoms with E-state index in [1.165, 1.54) is 10.7 Å². The summed E-state index contributed by atoms with van der Waals surface area (Å²) in [5.41, 5.74) is 1.34. The van der Waals surface area contributed by atoms with E-state index in [0.717, 1.165) is 0 Å². The number of hydrogen-bond acceptors (Lipinski definition) is 3. The van der Waals surface area contributed by atoms with Crippen LogP contribution < -0.4 is 11.1 Å². The van der Waals surface area contributed by atoms with Gasteiger partial charge in [-0.05, 0) is 32.4 Å². The van der Waals surface area contributed by atoms with Crippen molar-refractivity contribution in [1.29, 1.82) is 0 Å². The molecule has 0 bridgehead atoms. The Morgan fingerprint density at radius 2 is 2.00 bits per heavy atom. The first-order valence-electron chi connectivity index (χ1n) is 8.22. The largest absolute Gasteiger partial charge is 0.382 e. The van der Waals surface area contributed by atoms with Gasteiger partial charge in [-0.2, -0.15) is 0 Å². The van der Waals surface area contributed by atoms with Gasteiger partial charge in [0.15, 0.2) is 0 Å². The Morgan fingerprint density at radius 3 is 2.72 bits per heavy atom. The molecule has 0 aliphatic heterocycles. The number of para-hydroxylation sites is 1. The molecule has 25 heavy (non-hydrogen) atoms. The lowest BCUT2D eigenvalue weighted by molar-refractivity contribution is 0.141. The number of nitrogens with one attached hydrogen (secondary N) is 1. The lowest BCUT2D eigenvalue weighted by Crippen LogP contribution is -2.24. The van der Waals surface area contributed by atoms with E-state index in [1.807, 2.05) is 6.92 Å². The van der Waals surface area contributed by atoms with Crippen molar-refractivity contribution in [2.75, 3.05) is 13.2 Å². The second-order valence-corrected chi connectivity index (χ2v) is 6.17. The van der Waals surface area contributed by atoms with Crippen molar-refractivity contribution in [1.82, 2.24) is 14.3 Å². The van der Waals surface area contributed by atoms with E-state index in [0.29, 0.717) is 53.5 Å². The normalized spacial score (nSPS) is 11.3. The predicted octanol–water partition coefficient (Wildman–Crippen LogP) is 2.87. The third-order valence-corrected chi connectivity index (χ3v) is 4.51. The minimum absolute atomic E-state index is 0.144. The molecule has 6 nitrogen and oxygen atoms in total. The van der Waals surface area contributed by atoms with Gasteiger partial charge < -0.3 is 9.30 Å². The number of halogens is 1. The van der Waals surface area contributed by atoms with Crippen molar-refractivity contribution >= 4 is 22.5 Å². The highest BCUT2D eigenvalue weighted by atomic mass is 35.5. The zero-order chi connectivity index (χ0) is 18.0. The standard InChI is InChI=1S/C18H20ClN3O3/c1-3-25-10-6-9-21-12(2)17-14(11-16(21)23)20-22(18(17)24)15-8-5-4-7-13(15)19/h4-5,7-8,11,20H,3,6,9-10H2,1-2H3. The first-order chi connectivity index (χ1) is 12.0. The van der Waals surface area contributed by atoms with Gasteiger partial charge in [0.2, 0.25) is 0 Å². The molecule has 0 unspecified atom stereocenters. The number of aromatic amines is 1. The Morgan fingerprint density at radius 1 is 1.24 bits per heavy atom. The van der Waals surface area contributed by atoms with Gasteiger partial charge in [-0.15, -0.1) is 0 Å². The highest BCUT2D eigenvalue weighted by Gasteiger charge is 2.16. The number of nitrogens with zero attached hydrogens (tertiary/aromatic N) is 2. The SMILES string of the molecule is CCOCCCn1c(C)c2c(=O)n(-c3ccccc3Cl)[nH]c2cc1=O. The van der Waals surface area contributed by atoms with E-state index in [1.54, 1.807) is 35.8 Å². The fourth-order valence-corrected chi connectivity index (χ4v) is 3.18. The van der Waals surface area contributed by atoms with Gasteiger partial charge in [0.25, 0.3) is 11.1 Å². The summed E-state index contributed by atoms with van der Waals surface area (Å²) in [5, 5.41) is 3.94. The van der Waals surface area contributed by atoms with Crippen molar-refractivity contribution in [2.45, 2.75) is 26.8 Å². The maximum atomic E-state index is 12.9. The molecular weight excluding hydrogens is 342 g/mol. The van der Waals surface area contributed by atoms with Gasteiger partial charge in [-0.25, -0.2) is 4.68 Å². The van der Waals surface area contributed by atoms with Crippen LogP contribution in [0.3, 0.4) is 0 Å². The molecule has 0 saturated carbocycles. The Bertz CT molecular complexity index is 1020. The van der Waals surface area contributed by atoms with Crippen LogP contribution in [-0.4, -0.2) is 27.6 Å². The number of hydrogen-bond donors (Lipinski definition) is 1. The zero-order valence-electron chi connectivity index (χ0n) is 14.2. The Labute approximate surface area is 149 Å². The Hall–Kier alpha value is -2.31. The summed E-state index contributed by atoms with van der Waals surface area (Å²) in [5.74, 6) is 0. The zero-order valence-corrected chi connectivity index (χ0v) is 15.0. The van der Waals surface area contributed by atoms with E-state index >= 15 is 0 Å². The fraction of sp³-hybridized carbons (Fsp3) is 0.333. The van der Waals surface area contributed by atoms with Crippen LogP contribution in [0.2, 0.25) is 5.02 Å². The number of fused-ring (bicyclic) bond motifs is 1. The molecule has 3 aromatic rings. The average molecular weight is 362 g/mol. The third kappa shape index (κ3) is 3.27. The molecule has 7 heteroatoms. The van der Waals surface area contributed by atoms with Gasteiger partial charge >= 0.3 is 0 Å². The van der Waals surface area contributed by atoms with Gasteiger partial charge in [0.05, 0.1) is 21.6 Å². The summed E-state index contributed by atoms with van der Waals surface area (Å²) >= 11 is 6.20. The second-order valence-electron chi connectivity index (χ2n) is 5.76. The van der Waals surface area contributed by atoms with Crippen LogP contribution in [-0.2, 0) is 11.3 Å². The van der Waals surface area contributed by atoms with E-state index in [4.69, 9.17) is 16.3 Å². The Kier molecular flexibility index (Phi) is 5.11. The number of aryl methyl sites for hydroxylation is 1. The summed E-state index contributed by atoms with van der Waals surface area (Å²) < 4.78 is 8.32. The number of aromatic nitrogens is 3. The summed E-state index contributed by atoms with van der Waals surface area (Å²) in [4.78, 5) is 25.3. The van der Waals surface area contributed by atoms with Crippen LogP contribution in [0, 0.1) is 6.92 Å². The average Bonchev–Trinajstić information content (AvgIpc) is 2.91. The molecule has 0 spiro atoms. The van der Waals surface area contributed by atoms with Gasteiger partial charge in [0.1, 0.15) is 0 Å². The van der Waals surface area contributed by atoms with Gasteiger partial charge in [0, 0.05) is 31.5 Å². The molecule has 0 atom stereocenters. The highest BCUT2D eigenvalue weighted by molar-refractivity contribution is 6.32. The fourth-order valence-electron chi connectivity index (χ4n) is 2.96. The highest BCUT2D eigenvalue weighted by Crippen LogP contribution is 2.20. The number of benzene rings is 1. The van der Waals surface area contributed by atoms with Crippen molar-refractivity contribution in [3.8, 4) is 5.69 Å². The molecule has 2 heterocycles. The van der Waals surface area contributed by atoms with Crippen LogP contribution in [0.1, 0.15) is 19.0 Å². The summed E-state index contributed by atoms with van der Waals surface area (Å²) in [6, 6.07) is 8.53. The van der Waals surface area contributed by atoms with E-state index < -0.39 is 0 Å². The number of rotatable bonds is 6. The topological polar surface area (TPSA) is 69.0 Å². The third-order valence-electron chi connectivity index (χ3n) is 4.19. The summed E-state index contributed by atoms with van der Waals surface area (Å²) in [7, 11) is 0.